The third-order valence-electron chi connectivity index (χ3n) is 4.47. The molecule has 0 aliphatic rings. The van der Waals surface area contributed by atoms with Crippen LogP contribution in [0.5, 0.6) is 11.5 Å². The van der Waals surface area contributed by atoms with Crippen molar-refractivity contribution in [3.63, 3.8) is 0 Å². The number of rotatable bonds is 13. The van der Waals surface area contributed by atoms with Crippen LogP contribution in [-0.4, -0.2) is 36.8 Å². The van der Waals surface area contributed by atoms with Crippen molar-refractivity contribution in [2.45, 2.75) is 58.8 Å². The molecule has 2 aromatic rings. The minimum Gasteiger partial charge on any atom is -0.490 e. The second-order valence-electron chi connectivity index (χ2n) is 6.87. The number of ether oxygens (including phenoxy) is 2. The van der Waals surface area contributed by atoms with Crippen molar-refractivity contribution in [1.29, 1.82) is 0 Å². The first-order valence-corrected chi connectivity index (χ1v) is 12.0. The van der Waals surface area contributed by atoms with Crippen molar-refractivity contribution in [2.75, 3.05) is 19.5 Å². The first-order valence-electron chi connectivity index (χ1n) is 10.1. The van der Waals surface area contributed by atoms with Crippen molar-refractivity contribution in [3.8, 4) is 22.9 Å². The molecule has 28 heavy (non-hydrogen) atoms. The van der Waals surface area contributed by atoms with Crippen LogP contribution in [0.4, 0.5) is 0 Å². The van der Waals surface area contributed by atoms with E-state index in [0.29, 0.717) is 36.1 Å². The second kappa shape index (κ2) is 11.1. The lowest BCUT2D eigenvalue weighted by Crippen LogP contribution is -2.10. The number of aromatic nitrogens is 2. The Balaban J connectivity index is 2.00. The molecule has 0 saturated heterocycles. The Kier molecular flexibility index (Phi) is 8.83. The molecule has 156 valence electrons. The van der Waals surface area contributed by atoms with E-state index in [2.05, 4.69) is 11.9 Å². The molecule has 0 spiro atoms. The highest BCUT2D eigenvalue weighted by atomic mass is 32.2. The Hall–Kier alpha value is -2.02. The topological polar surface area (TPSA) is 70.4 Å². The van der Waals surface area contributed by atoms with Gasteiger partial charge in [-0.3, -0.25) is 0 Å². The molecule has 0 fully saturated rings. The van der Waals surface area contributed by atoms with Crippen molar-refractivity contribution in [3.05, 3.63) is 30.6 Å². The van der Waals surface area contributed by atoms with E-state index in [0.717, 1.165) is 23.1 Å². The van der Waals surface area contributed by atoms with Crippen LogP contribution in [0.1, 0.15) is 58.8 Å². The van der Waals surface area contributed by atoms with Crippen LogP contribution < -0.4 is 9.47 Å². The van der Waals surface area contributed by atoms with Gasteiger partial charge in [0.05, 0.1) is 19.5 Å². The summed E-state index contributed by atoms with van der Waals surface area (Å²) in [6.07, 6.45) is 12.7. The molecule has 1 aromatic heterocycles. The van der Waals surface area contributed by atoms with Gasteiger partial charge in [-0.25, -0.2) is 17.4 Å². The van der Waals surface area contributed by atoms with Crippen LogP contribution in [0, 0.1) is 0 Å². The summed E-state index contributed by atoms with van der Waals surface area (Å²) in [5.41, 5.74) is 0.669. The Labute approximate surface area is 168 Å². The molecule has 6 nitrogen and oxygen atoms in total. The normalized spacial score (nSPS) is 11.5. The van der Waals surface area contributed by atoms with Gasteiger partial charge in [-0.1, -0.05) is 45.4 Å². The van der Waals surface area contributed by atoms with Gasteiger partial charge in [-0.2, -0.15) is 0 Å². The van der Waals surface area contributed by atoms with Crippen LogP contribution in [-0.2, 0) is 10.0 Å². The summed E-state index contributed by atoms with van der Waals surface area (Å²) >= 11 is 0. The van der Waals surface area contributed by atoms with E-state index < -0.39 is 10.0 Å². The van der Waals surface area contributed by atoms with Gasteiger partial charge in [0.15, 0.2) is 17.3 Å². The summed E-state index contributed by atoms with van der Waals surface area (Å²) in [7, 11) is -3.42. The monoisotopic (exact) mass is 408 g/mol. The minimum absolute atomic E-state index is 0.363. The first-order chi connectivity index (χ1) is 13.5. The zero-order valence-electron chi connectivity index (χ0n) is 17.2. The first kappa shape index (κ1) is 22.3. The van der Waals surface area contributed by atoms with Crippen LogP contribution in [0.15, 0.2) is 30.6 Å². The minimum atomic E-state index is -3.42. The van der Waals surface area contributed by atoms with E-state index in [1.54, 1.807) is 6.07 Å². The van der Waals surface area contributed by atoms with E-state index in [4.69, 9.17) is 9.47 Å². The van der Waals surface area contributed by atoms with Crippen molar-refractivity contribution in [1.82, 2.24) is 8.96 Å². The predicted molar refractivity (Wildman–Crippen MR) is 113 cm³/mol. The summed E-state index contributed by atoms with van der Waals surface area (Å²) in [5.74, 6) is 1.64. The largest absolute Gasteiger partial charge is 0.490 e. The van der Waals surface area contributed by atoms with E-state index in [1.807, 2.05) is 19.1 Å². The van der Waals surface area contributed by atoms with E-state index in [-0.39, 0.29) is 0 Å². The maximum atomic E-state index is 11.9. The third-order valence-corrected chi connectivity index (χ3v) is 5.48. The molecular weight excluding hydrogens is 376 g/mol. The summed E-state index contributed by atoms with van der Waals surface area (Å²) in [5, 5.41) is 0. The number of hydrogen-bond donors (Lipinski definition) is 0. The highest BCUT2D eigenvalue weighted by molar-refractivity contribution is 7.89. The van der Waals surface area contributed by atoms with Crippen LogP contribution in [0.25, 0.3) is 11.4 Å². The molecule has 2 rings (SSSR count). The maximum absolute atomic E-state index is 11.9. The third kappa shape index (κ3) is 6.55. The van der Waals surface area contributed by atoms with Gasteiger partial charge < -0.3 is 9.47 Å². The van der Waals surface area contributed by atoms with Gasteiger partial charge in [0.25, 0.3) is 0 Å². The van der Waals surface area contributed by atoms with Crippen LogP contribution >= 0.6 is 0 Å². The molecule has 1 aromatic carbocycles. The lowest BCUT2D eigenvalue weighted by atomic mass is 10.1. The Morgan fingerprint density at radius 1 is 0.964 bits per heavy atom. The quantitative estimate of drug-likeness (QED) is 0.442. The number of nitrogens with zero attached hydrogens (tertiary/aromatic N) is 2. The smallest absolute Gasteiger partial charge is 0.237 e. The van der Waals surface area contributed by atoms with Gasteiger partial charge in [0, 0.05) is 18.0 Å². The molecule has 7 heteroatoms. The predicted octanol–water partition coefficient (Wildman–Crippen LogP) is 4.89. The average Bonchev–Trinajstić information content (AvgIpc) is 3.15. The number of imidazole rings is 1. The molecule has 1 heterocycles. The summed E-state index contributed by atoms with van der Waals surface area (Å²) in [4.78, 5) is 4.19. The Bertz CT molecular complexity index is 831. The lowest BCUT2D eigenvalue weighted by Gasteiger charge is -2.14. The molecule has 0 saturated carbocycles. The highest BCUT2D eigenvalue weighted by Gasteiger charge is 2.16. The average molecular weight is 409 g/mol. The van der Waals surface area contributed by atoms with Crippen molar-refractivity contribution in [2.24, 2.45) is 0 Å². The van der Waals surface area contributed by atoms with E-state index in [1.165, 1.54) is 44.5 Å². The number of unbranched alkanes of at least 4 members (excludes halogenated alkanes) is 6. The molecular formula is C21H32N2O4S. The fourth-order valence-corrected chi connectivity index (χ4v) is 3.78. The van der Waals surface area contributed by atoms with Gasteiger partial charge >= 0.3 is 0 Å². The van der Waals surface area contributed by atoms with Gasteiger partial charge in [-0.05, 0) is 31.5 Å². The summed E-state index contributed by atoms with van der Waals surface area (Å²) in [6.45, 7) is 5.27. The van der Waals surface area contributed by atoms with Crippen LogP contribution in [0.2, 0.25) is 0 Å². The number of hydrogen-bond acceptors (Lipinski definition) is 5. The summed E-state index contributed by atoms with van der Waals surface area (Å²) in [6, 6.07) is 5.42. The summed E-state index contributed by atoms with van der Waals surface area (Å²) < 4.78 is 36.6. The fourth-order valence-electron chi connectivity index (χ4n) is 3.04. The molecule has 0 aliphatic heterocycles. The second-order valence-corrected chi connectivity index (χ2v) is 8.73. The molecule has 0 unspecified atom stereocenters. The van der Waals surface area contributed by atoms with Crippen LogP contribution in [0.3, 0.4) is 0 Å². The molecule has 0 bridgehead atoms. The molecule has 0 radical (unpaired) electrons. The zero-order valence-corrected chi connectivity index (χ0v) is 18.0. The molecule has 0 amide bonds. The number of benzene rings is 1. The highest BCUT2D eigenvalue weighted by Crippen LogP contribution is 2.33. The van der Waals surface area contributed by atoms with Gasteiger partial charge in [0.1, 0.15) is 0 Å². The van der Waals surface area contributed by atoms with Crippen molar-refractivity contribution >= 4 is 10.0 Å². The van der Waals surface area contributed by atoms with E-state index >= 15 is 0 Å². The van der Waals surface area contributed by atoms with Crippen molar-refractivity contribution < 1.29 is 17.9 Å². The zero-order chi connectivity index (χ0) is 20.4. The Morgan fingerprint density at radius 3 is 2.36 bits per heavy atom. The Morgan fingerprint density at radius 2 is 1.68 bits per heavy atom. The standard InChI is InChI=1S/C21H32N2O4S/c1-4-6-7-8-9-10-11-16-27-19-13-12-18(17-20(19)26-5-2)21-22-14-15-23(21)28(3,24)25/h12-15,17H,4-11,16H2,1-3H3. The van der Waals surface area contributed by atoms with E-state index in [9.17, 15) is 8.42 Å². The van der Waals surface area contributed by atoms with Gasteiger partial charge in [0.2, 0.25) is 10.0 Å². The fraction of sp³-hybridized carbons (Fsp3) is 0.571. The SMILES string of the molecule is CCCCCCCCCOc1ccc(-c2nccn2S(C)(=O)=O)cc1OCC. The maximum Gasteiger partial charge on any atom is 0.237 e. The molecule has 0 atom stereocenters. The molecule has 0 aliphatic carbocycles. The lowest BCUT2D eigenvalue weighted by molar-refractivity contribution is 0.270. The molecule has 0 N–H and O–H groups in total. The van der Waals surface area contributed by atoms with Gasteiger partial charge in [-0.15, -0.1) is 0 Å².